The Kier molecular flexibility index (Phi) is 5.08. The van der Waals surface area contributed by atoms with E-state index in [4.69, 9.17) is 5.73 Å². The Labute approximate surface area is 123 Å². The van der Waals surface area contributed by atoms with Gasteiger partial charge < -0.3 is 10.6 Å². The van der Waals surface area contributed by atoms with Crippen molar-refractivity contribution in [3.8, 4) is 0 Å². The maximum atomic E-state index is 6.19. The molecule has 2 N–H and O–H groups in total. The van der Waals surface area contributed by atoms with E-state index in [1.165, 1.54) is 37.1 Å². The number of aromatic nitrogens is 2. The summed E-state index contributed by atoms with van der Waals surface area (Å²) in [6.07, 6.45) is 7.22. The molecule has 20 heavy (non-hydrogen) atoms. The van der Waals surface area contributed by atoms with Crippen molar-refractivity contribution in [2.24, 2.45) is 12.8 Å². The number of aryl methyl sites for hydroxylation is 2. The molecule has 0 spiro atoms. The summed E-state index contributed by atoms with van der Waals surface area (Å²) in [5.41, 5.74) is 8.69. The first kappa shape index (κ1) is 15.4. The third kappa shape index (κ3) is 3.17. The Balaban J connectivity index is 2.33. The highest BCUT2D eigenvalue weighted by Crippen LogP contribution is 2.29. The Morgan fingerprint density at radius 2 is 2.10 bits per heavy atom. The average Bonchev–Trinajstić information content (AvgIpc) is 2.57. The van der Waals surface area contributed by atoms with Crippen molar-refractivity contribution in [1.29, 1.82) is 0 Å². The first-order valence-electron chi connectivity index (χ1n) is 8.09. The van der Waals surface area contributed by atoms with Gasteiger partial charge in [0.1, 0.15) is 5.82 Å². The third-order valence-electron chi connectivity index (χ3n) is 4.63. The smallest absolute Gasteiger partial charge is 0.130 e. The molecule has 114 valence electrons. The van der Waals surface area contributed by atoms with E-state index in [-0.39, 0.29) is 6.04 Å². The molecular formula is C16H30N4. The predicted octanol–water partition coefficient (Wildman–Crippen LogP) is 2.78. The lowest BCUT2D eigenvalue weighted by Gasteiger charge is -2.30. The number of hydrogen-bond donors (Lipinski definition) is 1. The summed E-state index contributed by atoms with van der Waals surface area (Å²) in [7, 11) is 2.07. The number of anilines is 1. The molecule has 1 aliphatic heterocycles. The quantitative estimate of drug-likeness (QED) is 0.921. The lowest BCUT2D eigenvalue weighted by molar-refractivity contribution is 0.587. The van der Waals surface area contributed by atoms with E-state index < -0.39 is 0 Å². The molecule has 1 saturated heterocycles. The molecule has 1 aromatic rings. The molecular weight excluding hydrogens is 248 g/mol. The van der Waals surface area contributed by atoms with Crippen LogP contribution in [0.15, 0.2) is 0 Å². The van der Waals surface area contributed by atoms with Crippen LogP contribution in [0, 0.1) is 6.92 Å². The number of nitrogens with zero attached hydrogens (tertiary/aromatic N) is 3. The Morgan fingerprint density at radius 3 is 2.80 bits per heavy atom. The van der Waals surface area contributed by atoms with Gasteiger partial charge in [0, 0.05) is 31.2 Å². The van der Waals surface area contributed by atoms with Crippen LogP contribution in [0.1, 0.15) is 57.2 Å². The van der Waals surface area contributed by atoms with Crippen LogP contribution in [0.2, 0.25) is 0 Å². The largest absolute Gasteiger partial charge is 0.354 e. The summed E-state index contributed by atoms with van der Waals surface area (Å²) >= 11 is 0. The van der Waals surface area contributed by atoms with Gasteiger partial charge in [-0.05, 0) is 39.5 Å². The topological polar surface area (TPSA) is 47.1 Å². The van der Waals surface area contributed by atoms with Crippen LogP contribution in [-0.4, -0.2) is 28.4 Å². The second-order valence-corrected chi connectivity index (χ2v) is 6.28. The molecule has 2 atom stereocenters. The minimum absolute atomic E-state index is 0.235. The van der Waals surface area contributed by atoms with Gasteiger partial charge in [0.25, 0.3) is 0 Å². The number of rotatable bonds is 4. The van der Waals surface area contributed by atoms with Crippen molar-refractivity contribution in [2.45, 2.75) is 71.4 Å². The zero-order valence-corrected chi connectivity index (χ0v) is 13.5. The molecule has 2 unspecified atom stereocenters. The van der Waals surface area contributed by atoms with Gasteiger partial charge >= 0.3 is 0 Å². The van der Waals surface area contributed by atoms with E-state index in [1.54, 1.807) is 0 Å². The highest BCUT2D eigenvalue weighted by molar-refractivity contribution is 5.51. The highest BCUT2D eigenvalue weighted by Gasteiger charge is 2.25. The zero-order chi connectivity index (χ0) is 14.7. The molecule has 1 fully saturated rings. The van der Waals surface area contributed by atoms with Crippen molar-refractivity contribution < 1.29 is 0 Å². The van der Waals surface area contributed by atoms with Gasteiger partial charge in [-0.25, -0.2) is 0 Å². The van der Waals surface area contributed by atoms with E-state index in [2.05, 4.69) is 42.5 Å². The van der Waals surface area contributed by atoms with E-state index in [9.17, 15) is 0 Å². The Morgan fingerprint density at radius 1 is 1.35 bits per heavy atom. The van der Waals surface area contributed by atoms with Crippen LogP contribution in [0.3, 0.4) is 0 Å². The van der Waals surface area contributed by atoms with Crippen LogP contribution < -0.4 is 10.6 Å². The average molecular weight is 278 g/mol. The van der Waals surface area contributed by atoms with Gasteiger partial charge in [-0.15, -0.1) is 0 Å². The Hall–Kier alpha value is -1.03. The van der Waals surface area contributed by atoms with E-state index in [0.29, 0.717) is 6.04 Å². The molecule has 1 aliphatic rings. The lowest BCUT2D eigenvalue weighted by Crippen LogP contribution is -2.35. The minimum atomic E-state index is 0.235. The van der Waals surface area contributed by atoms with Crippen LogP contribution in [0.5, 0.6) is 0 Å². The minimum Gasteiger partial charge on any atom is -0.354 e. The second kappa shape index (κ2) is 6.61. The fourth-order valence-corrected chi connectivity index (χ4v) is 3.28. The SMILES string of the molecule is CCC(N)Cc1c(C)nn(C)c1N1CCCCCC1C. The van der Waals surface area contributed by atoms with Crippen molar-refractivity contribution in [2.75, 3.05) is 11.4 Å². The van der Waals surface area contributed by atoms with Gasteiger partial charge in [0.05, 0.1) is 5.69 Å². The first-order chi connectivity index (χ1) is 9.54. The van der Waals surface area contributed by atoms with Crippen LogP contribution in [0.4, 0.5) is 5.82 Å². The summed E-state index contributed by atoms with van der Waals surface area (Å²) in [6, 6.07) is 0.836. The number of hydrogen-bond acceptors (Lipinski definition) is 3. The molecule has 2 rings (SSSR count). The van der Waals surface area contributed by atoms with Crippen LogP contribution in [-0.2, 0) is 13.5 Å². The van der Waals surface area contributed by atoms with Crippen molar-refractivity contribution in [3.05, 3.63) is 11.3 Å². The normalized spacial score (nSPS) is 21.9. The van der Waals surface area contributed by atoms with Crippen molar-refractivity contribution in [1.82, 2.24) is 9.78 Å². The molecule has 0 radical (unpaired) electrons. The summed E-state index contributed by atoms with van der Waals surface area (Å²) < 4.78 is 2.06. The summed E-state index contributed by atoms with van der Waals surface area (Å²) in [6.45, 7) is 7.76. The second-order valence-electron chi connectivity index (χ2n) is 6.28. The van der Waals surface area contributed by atoms with Gasteiger partial charge in [0.2, 0.25) is 0 Å². The van der Waals surface area contributed by atoms with Gasteiger partial charge in [-0.3, -0.25) is 4.68 Å². The number of nitrogens with two attached hydrogens (primary N) is 1. The zero-order valence-electron chi connectivity index (χ0n) is 13.5. The van der Waals surface area contributed by atoms with Gasteiger partial charge in [-0.2, -0.15) is 5.10 Å². The molecule has 0 saturated carbocycles. The molecule has 1 aromatic heterocycles. The highest BCUT2D eigenvalue weighted by atomic mass is 15.4. The van der Waals surface area contributed by atoms with Gasteiger partial charge in [0.15, 0.2) is 0 Å². The molecule has 2 heterocycles. The van der Waals surface area contributed by atoms with E-state index >= 15 is 0 Å². The molecule has 4 heteroatoms. The molecule has 0 aromatic carbocycles. The van der Waals surface area contributed by atoms with Crippen LogP contribution >= 0.6 is 0 Å². The molecule has 4 nitrogen and oxygen atoms in total. The van der Waals surface area contributed by atoms with Crippen molar-refractivity contribution in [3.63, 3.8) is 0 Å². The summed E-state index contributed by atoms with van der Waals surface area (Å²) in [5, 5.41) is 4.66. The maximum absolute atomic E-state index is 6.19. The molecule has 0 aliphatic carbocycles. The maximum Gasteiger partial charge on any atom is 0.130 e. The van der Waals surface area contributed by atoms with E-state index in [1.807, 2.05) is 0 Å². The van der Waals surface area contributed by atoms with Crippen LogP contribution in [0.25, 0.3) is 0 Å². The summed E-state index contributed by atoms with van der Waals surface area (Å²) in [5.74, 6) is 1.31. The van der Waals surface area contributed by atoms with E-state index in [0.717, 1.165) is 25.1 Å². The van der Waals surface area contributed by atoms with Crippen molar-refractivity contribution >= 4 is 5.82 Å². The Bertz CT molecular complexity index is 438. The monoisotopic (exact) mass is 278 g/mol. The summed E-state index contributed by atoms with van der Waals surface area (Å²) in [4.78, 5) is 2.56. The standard InChI is InChI=1S/C16H30N4/c1-5-14(17)11-15-13(3)18-19(4)16(15)20-10-8-6-7-9-12(20)2/h12,14H,5-11,17H2,1-4H3. The lowest BCUT2D eigenvalue weighted by atomic mass is 10.0. The predicted molar refractivity (Wildman–Crippen MR) is 85.2 cm³/mol. The third-order valence-corrected chi connectivity index (χ3v) is 4.63. The fraction of sp³-hybridized carbons (Fsp3) is 0.812. The molecule has 0 amide bonds. The fourth-order valence-electron chi connectivity index (χ4n) is 3.28. The first-order valence-corrected chi connectivity index (χ1v) is 8.09. The van der Waals surface area contributed by atoms with Gasteiger partial charge in [-0.1, -0.05) is 19.8 Å². The molecule has 0 bridgehead atoms.